The largest absolute Gasteiger partial charge is 0.458 e. The Morgan fingerprint density at radius 1 is 1.18 bits per heavy atom. The lowest BCUT2D eigenvalue weighted by Crippen LogP contribution is -2.44. The van der Waals surface area contributed by atoms with Gasteiger partial charge in [-0.15, -0.1) is 0 Å². The number of rotatable bonds is 4. The third-order valence-corrected chi connectivity index (χ3v) is 9.14. The zero-order chi connectivity index (χ0) is 27.5. The Hall–Kier alpha value is -3.96. The van der Waals surface area contributed by atoms with Crippen LogP contribution in [0.4, 0.5) is 0 Å². The van der Waals surface area contributed by atoms with E-state index in [9.17, 15) is 24.6 Å². The van der Waals surface area contributed by atoms with Gasteiger partial charge in [-0.2, -0.15) is 0 Å². The van der Waals surface area contributed by atoms with Crippen molar-refractivity contribution in [2.45, 2.75) is 69.9 Å². The molecule has 206 valence electrons. The lowest BCUT2D eigenvalue weighted by Gasteiger charge is -2.31. The van der Waals surface area contributed by atoms with E-state index in [2.05, 4.69) is 5.32 Å². The van der Waals surface area contributed by atoms with Gasteiger partial charge in [0.1, 0.15) is 12.7 Å². The quantitative estimate of drug-likeness (QED) is 0.326. The number of aliphatic hydroxyl groups excluding tert-OH is 1. The minimum Gasteiger partial charge on any atom is -0.458 e. The molecule has 1 amide bonds. The van der Waals surface area contributed by atoms with E-state index in [1.165, 1.54) is 0 Å². The van der Waals surface area contributed by atoms with Crippen molar-refractivity contribution >= 4 is 22.8 Å². The summed E-state index contributed by atoms with van der Waals surface area (Å²) in [6, 6.07) is 3.08. The Balaban J connectivity index is 1.36. The van der Waals surface area contributed by atoms with Crippen molar-refractivity contribution < 1.29 is 34.0 Å². The molecule has 2 aliphatic carbocycles. The van der Waals surface area contributed by atoms with Crippen LogP contribution in [0, 0.1) is 5.92 Å². The van der Waals surface area contributed by atoms with Crippen LogP contribution in [0.2, 0.25) is 0 Å². The molecule has 8 rings (SSSR count). The molecular formula is C29H27N3O8. The number of hydrogen-bond donors (Lipinski definition) is 3. The van der Waals surface area contributed by atoms with Crippen LogP contribution < -0.4 is 20.3 Å². The number of nitrogens with one attached hydrogen (secondary N) is 1. The third kappa shape index (κ3) is 3.07. The molecule has 3 N–H and O–H groups in total. The van der Waals surface area contributed by atoms with Crippen LogP contribution in [0.3, 0.4) is 0 Å². The average Bonchev–Trinajstić information content (AvgIpc) is 3.58. The summed E-state index contributed by atoms with van der Waals surface area (Å²) in [6.45, 7) is 1.77. The number of esters is 1. The molecule has 11 heteroatoms. The van der Waals surface area contributed by atoms with E-state index in [0.717, 1.165) is 34.9 Å². The molecular weight excluding hydrogens is 518 g/mol. The second kappa shape index (κ2) is 8.05. The predicted molar refractivity (Wildman–Crippen MR) is 139 cm³/mol. The van der Waals surface area contributed by atoms with Crippen LogP contribution in [0.1, 0.15) is 66.5 Å². The Kier molecular flexibility index (Phi) is 4.80. The van der Waals surface area contributed by atoms with Crippen molar-refractivity contribution in [1.29, 1.82) is 0 Å². The van der Waals surface area contributed by atoms with Gasteiger partial charge < -0.3 is 34.3 Å². The normalized spacial score (nSPS) is 24.3. The van der Waals surface area contributed by atoms with Gasteiger partial charge in [-0.05, 0) is 49.7 Å². The van der Waals surface area contributed by atoms with Crippen molar-refractivity contribution in [1.82, 2.24) is 14.9 Å². The average molecular weight is 546 g/mol. The van der Waals surface area contributed by atoms with E-state index >= 15 is 0 Å². The number of amides is 1. The summed E-state index contributed by atoms with van der Waals surface area (Å²) in [5.74, 6) is 0.0778. The number of carbonyl (C=O) groups is 2. The van der Waals surface area contributed by atoms with E-state index < -0.39 is 29.6 Å². The Labute approximate surface area is 227 Å². The monoisotopic (exact) mass is 545 g/mol. The van der Waals surface area contributed by atoms with E-state index in [0.29, 0.717) is 41.2 Å². The van der Waals surface area contributed by atoms with Gasteiger partial charge in [0.2, 0.25) is 12.7 Å². The van der Waals surface area contributed by atoms with Gasteiger partial charge in [-0.3, -0.25) is 9.59 Å². The molecule has 3 atom stereocenters. The highest BCUT2D eigenvalue weighted by Gasteiger charge is 2.46. The van der Waals surface area contributed by atoms with E-state index in [-0.39, 0.29) is 49.0 Å². The first-order valence-electron chi connectivity index (χ1n) is 13.7. The second-order valence-corrected chi connectivity index (χ2v) is 11.3. The number of hydrogen-bond acceptors (Lipinski definition) is 9. The Morgan fingerprint density at radius 3 is 2.77 bits per heavy atom. The van der Waals surface area contributed by atoms with Crippen LogP contribution in [0.15, 0.2) is 16.9 Å². The number of fused-ring (bicyclic) bond motifs is 7. The number of aryl methyl sites for hydroxylation is 1. The van der Waals surface area contributed by atoms with E-state index in [4.69, 9.17) is 19.2 Å². The van der Waals surface area contributed by atoms with Crippen molar-refractivity contribution in [3.63, 3.8) is 0 Å². The van der Waals surface area contributed by atoms with Crippen molar-refractivity contribution in [2.75, 3.05) is 6.79 Å². The van der Waals surface area contributed by atoms with Crippen LogP contribution in [-0.2, 0) is 39.5 Å². The summed E-state index contributed by atoms with van der Waals surface area (Å²) in [5, 5.41) is 25.7. The second-order valence-electron chi connectivity index (χ2n) is 11.3. The summed E-state index contributed by atoms with van der Waals surface area (Å²) < 4.78 is 18.3. The molecule has 40 heavy (non-hydrogen) atoms. The lowest BCUT2D eigenvalue weighted by molar-refractivity contribution is -0.172. The maximum atomic E-state index is 13.7. The molecule has 0 radical (unpaired) electrons. The number of cyclic esters (lactones) is 1. The lowest BCUT2D eigenvalue weighted by atomic mass is 9.82. The SMILES string of the molecule is CC[C@@]1(O)C(=O)OCc2c1cc1n(c2=O)Cc2c-1nc1cc3c(c4c1c2[C@@H](NC(=O)[C@@H](O)C1CC1)CC4)OCO3. The van der Waals surface area contributed by atoms with Gasteiger partial charge in [0.15, 0.2) is 17.1 Å². The highest BCUT2D eigenvalue weighted by Crippen LogP contribution is 2.50. The molecule has 0 bridgehead atoms. The van der Waals surface area contributed by atoms with Crippen LogP contribution in [0.5, 0.6) is 11.5 Å². The van der Waals surface area contributed by atoms with Gasteiger partial charge in [-0.1, -0.05) is 6.92 Å². The molecule has 3 aromatic rings. The molecule has 11 nitrogen and oxygen atoms in total. The predicted octanol–water partition coefficient (Wildman–Crippen LogP) is 1.68. The highest BCUT2D eigenvalue weighted by molar-refractivity contribution is 5.96. The third-order valence-electron chi connectivity index (χ3n) is 9.14. The Morgan fingerprint density at radius 2 is 2.00 bits per heavy atom. The number of carbonyl (C=O) groups excluding carboxylic acids is 2. The van der Waals surface area contributed by atoms with E-state index in [1.807, 2.05) is 6.07 Å². The maximum absolute atomic E-state index is 13.7. The van der Waals surface area contributed by atoms with Gasteiger partial charge in [0.25, 0.3) is 5.56 Å². The van der Waals surface area contributed by atoms with Crippen LogP contribution in [0.25, 0.3) is 22.3 Å². The molecule has 1 fully saturated rings. The first kappa shape index (κ1) is 23.9. The molecule has 2 aromatic heterocycles. The van der Waals surface area contributed by atoms with Gasteiger partial charge in [0.05, 0.1) is 35.1 Å². The number of pyridine rings is 2. The molecule has 5 aliphatic rings. The minimum absolute atomic E-state index is 0.00994. The number of benzene rings is 1. The molecule has 1 saturated carbocycles. The summed E-state index contributed by atoms with van der Waals surface area (Å²) in [7, 11) is 0. The zero-order valence-corrected chi connectivity index (χ0v) is 21.8. The fraction of sp³-hybridized carbons (Fsp3) is 0.448. The van der Waals surface area contributed by atoms with Crippen LogP contribution >= 0.6 is 0 Å². The summed E-state index contributed by atoms with van der Waals surface area (Å²) in [5.41, 5.74) is 2.47. The van der Waals surface area contributed by atoms with Gasteiger partial charge in [-0.25, -0.2) is 9.78 Å². The smallest absolute Gasteiger partial charge is 0.343 e. The fourth-order valence-electron chi connectivity index (χ4n) is 6.82. The Bertz CT molecular complexity index is 1740. The summed E-state index contributed by atoms with van der Waals surface area (Å²) in [4.78, 5) is 44.3. The highest BCUT2D eigenvalue weighted by atomic mass is 16.7. The molecule has 3 aliphatic heterocycles. The topological polar surface area (TPSA) is 149 Å². The molecule has 5 heterocycles. The summed E-state index contributed by atoms with van der Waals surface area (Å²) in [6.07, 6.45) is 1.85. The van der Waals surface area contributed by atoms with Crippen LogP contribution in [-0.4, -0.2) is 44.5 Å². The minimum atomic E-state index is -1.93. The molecule has 1 aromatic carbocycles. The molecule has 0 saturated heterocycles. The first-order chi connectivity index (χ1) is 19.3. The fourth-order valence-corrected chi connectivity index (χ4v) is 6.82. The van der Waals surface area contributed by atoms with E-state index in [1.54, 1.807) is 17.6 Å². The van der Waals surface area contributed by atoms with Crippen molar-refractivity contribution in [3.05, 3.63) is 50.3 Å². The standard InChI is InChI=1S/C29H27N3O8/c1-2-29(37)16-7-19-23-14(9-32(19)27(35)15(16)10-38-28(29)36)22-17(31-26(34)24(33)12-3-4-12)6-5-13-21(22)18(30-23)8-20-25(13)40-11-39-20/h7-8,12,17,24,33,37H,2-6,9-11H2,1H3,(H,31,34)/t17-,24-,29-/m0/s1. The van der Waals surface area contributed by atoms with Gasteiger partial charge in [0, 0.05) is 28.1 Å². The summed E-state index contributed by atoms with van der Waals surface area (Å²) >= 11 is 0. The number of nitrogens with zero attached hydrogens (tertiary/aromatic N) is 2. The first-order valence-corrected chi connectivity index (χ1v) is 13.7. The van der Waals surface area contributed by atoms with Crippen molar-refractivity contribution in [2.24, 2.45) is 5.92 Å². The van der Waals surface area contributed by atoms with Gasteiger partial charge >= 0.3 is 5.97 Å². The number of aromatic nitrogens is 2. The van der Waals surface area contributed by atoms with Crippen molar-refractivity contribution in [3.8, 4) is 22.9 Å². The number of ether oxygens (including phenoxy) is 3. The maximum Gasteiger partial charge on any atom is 0.343 e. The number of aliphatic hydroxyl groups is 2. The molecule has 0 spiro atoms. The molecule has 0 unspecified atom stereocenters. The zero-order valence-electron chi connectivity index (χ0n) is 21.8.